The fraction of sp³-hybridized carbons (Fsp3) is 0.500. The average molecular weight is 197 g/mol. The standard InChI is InChI=1S/C10H13ClN2/c1-7(8-2-3-8)13-9-4-5-12-10(11)6-9/h4-8H,2-3H2,1H3,(H,12,13)/t7-/m1/s1. The summed E-state index contributed by atoms with van der Waals surface area (Å²) in [5.74, 6) is 0.854. The van der Waals surface area contributed by atoms with E-state index in [9.17, 15) is 0 Å². The Hall–Kier alpha value is -0.760. The van der Waals surface area contributed by atoms with Crippen molar-refractivity contribution in [3.63, 3.8) is 0 Å². The molecule has 2 rings (SSSR count). The fourth-order valence-corrected chi connectivity index (χ4v) is 1.64. The Kier molecular flexibility index (Phi) is 2.40. The van der Waals surface area contributed by atoms with Crippen molar-refractivity contribution in [2.24, 2.45) is 5.92 Å². The first-order valence-corrected chi connectivity index (χ1v) is 5.01. The highest BCUT2D eigenvalue weighted by Gasteiger charge is 2.27. The molecule has 1 saturated carbocycles. The van der Waals surface area contributed by atoms with Crippen LogP contribution in [0.2, 0.25) is 5.15 Å². The summed E-state index contributed by atoms with van der Waals surface area (Å²) in [6, 6.07) is 4.36. The van der Waals surface area contributed by atoms with Crippen molar-refractivity contribution in [3.05, 3.63) is 23.5 Å². The van der Waals surface area contributed by atoms with Crippen LogP contribution in [-0.4, -0.2) is 11.0 Å². The van der Waals surface area contributed by atoms with Gasteiger partial charge in [-0.05, 0) is 37.8 Å². The molecule has 1 heterocycles. The minimum atomic E-state index is 0.549. The van der Waals surface area contributed by atoms with Crippen LogP contribution in [0.15, 0.2) is 18.3 Å². The third-order valence-electron chi connectivity index (χ3n) is 2.45. The maximum atomic E-state index is 5.77. The first kappa shape index (κ1) is 8.82. The average Bonchev–Trinajstić information content (AvgIpc) is 2.85. The molecule has 0 spiro atoms. The molecular formula is C10H13ClN2. The second kappa shape index (κ2) is 3.54. The summed E-state index contributed by atoms with van der Waals surface area (Å²) >= 11 is 5.77. The molecule has 2 nitrogen and oxygen atoms in total. The van der Waals surface area contributed by atoms with E-state index >= 15 is 0 Å². The molecule has 0 bridgehead atoms. The summed E-state index contributed by atoms with van der Waals surface area (Å²) < 4.78 is 0. The van der Waals surface area contributed by atoms with Gasteiger partial charge in [0.1, 0.15) is 5.15 Å². The highest BCUT2D eigenvalue weighted by molar-refractivity contribution is 6.29. The maximum Gasteiger partial charge on any atom is 0.131 e. The zero-order valence-electron chi connectivity index (χ0n) is 7.63. The number of nitrogens with zero attached hydrogens (tertiary/aromatic N) is 1. The van der Waals surface area contributed by atoms with Gasteiger partial charge in [0.05, 0.1) is 0 Å². The van der Waals surface area contributed by atoms with Crippen LogP contribution in [0.25, 0.3) is 0 Å². The van der Waals surface area contributed by atoms with E-state index in [1.165, 1.54) is 12.8 Å². The Morgan fingerprint density at radius 2 is 2.38 bits per heavy atom. The second-order valence-corrected chi connectivity index (χ2v) is 4.02. The zero-order valence-corrected chi connectivity index (χ0v) is 8.38. The van der Waals surface area contributed by atoms with E-state index in [0.29, 0.717) is 11.2 Å². The molecule has 70 valence electrons. The van der Waals surface area contributed by atoms with Gasteiger partial charge in [0, 0.05) is 17.9 Å². The molecule has 0 aromatic carbocycles. The molecule has 1 fully saturated rings. The van der Waals surface area contributed by atoms with Crippen molar-refractivity contribution >= 4 is 17.3 Å². The molecule has 0 saturated heterocycles. The summed E-state index contributed by atoms with van der Waals surface area (Å²) in [6.07, 6.45) is 4.43. The number of hydrogen-bond acceptors (Lipinski definition) is 2. The van der Waals surface area contributed by atoms with Crippen LogP contribution in [0, 0.1) is 5.92 Å². The van der Waals surface area contributed by atoms with E-state index in [4.69, 9.17) is 11.6 Å². The minimum Gasteiger partial charge on any atom is -0.382 e. The monoisotopic (exact) mass is 196 g/mol. The molecule has 1 aliphatic rings. The predicted molar refractivity (Wildman–Crippen MR) is 55.1 cm³/mol. The molecule has 1 atom stereocenters. The van der Waals surface area contributed by atoms with E-state index in [2.05, 4.69) is 17.2 Å². The lowest BCUT2D eigenvalue weighted by Gasteiger charge is -2.13. The summed E-state index contributed by atoms with van der Waals surface area (Å²) in [6.45, 7) is 2.21. The van der Waals surface area contributed by atoms with E-state index in [-0.39, 0.29) is 0 Å². The lowest BCUT2D eigenvalue weighted by Crippen LogP contribution is -2.17. The van der Waals surface area contributed by atoms with Crippen LogP contribution >= 0.6 is 11.6 Å². The SMILES string of the molecule is C[C@@H](Nc1ccnc(Cl)c1)C1CC1. The Balaban J connectivity index is 2.00. The molecule has 1 aliphatic carbocycles. The van der Waals surface area contributed by atoms with Gasteiger partial charge < -0.3 is 5.32 Å². The molecule has 0 radical (unpaired) electrons. The molecule has 1 aromatic heterocycles. The van der Waals surface area contributed by atoms with E-state index in [0.717, 1.165) is 11.6 Å². The van der Waals surface area contributed by atoms with Gasteiger partial charge in [-0.15, -0.1) is 0 Å². The Labute approximate surface area is 83.3 Å². The van der Waals surface area contributed by atoms with Crippen LogP contribution in [0.3, 0.4) is 0 Å². The number of nitrogens with one attached hydrogen (secondary N) is 1. The quantitative estimate of drug-likeness (QED) is 0.752. The van der Waals surface area contributed by atoms with Gasteiger partial charge in [0.2, 0.25) is 0 Å². The molecule has 1 aromatic rings. The molecule has 0 amide bonds. The topological polar surface area (TPSA) is 24.9 Å². The highest BCUT2D eigenvalue weighted by atomic mass is 35.5. The van der Waals surface area contributed by atoms with Gasteiger partial charge in [-0.1, -0.05) is 11.6 Å². The lowest BCUT2D eigenvalue weighted by molar-refractivity contribution is 0.694. The third-order valence-corrected chi connectivity index (χ3v) is 2.66. The molecular weight excluding hydrogens is 184 g/mol. The first-order chi connectivity index (χ1) is 6.25. The summed E-state index contributed by atoms with van der Waals surface area (Å²) in [4.78, 5) is 3.93. The molecule has 0 aliphatic heterocycles. The van der Waals surface area contributed by atoms with Crippen molar-refractivity contribution in [2.75, 3.05) is 5.32 Å². The normalized spacial score (nSPS) is 18.3. The highest BCUT2D eigenvalue weighted by Crippen LogP contribution is 2.33. The van der Waals surface area contributed by atoms with Crippen molar-refractivity contribution in [3.8, 4) is 0 Å². The summed E-state index contributed by atoms with van der Waals surface area (Å²) in [7, 11) is 0. The van der Waals surface area contributed by atoms with Crippen LogP contribution < -0.4 is 5.32 Å². The number of anilines is 1. The van der Waals surface area contributed by atoms with E-state index in [1.54, 1.807) is 6.20 Å². The number of rotatable bonds is 3. The second-order valence-electron chi connectivity index (χ2n) is 3.64. The van der Waals surface area contributed by atoms with Crippen LogP contribution in [0.5, 0.6) is 0 Å². The van der Waals surface area contributed by atoms with Gasteiger partial charge in [0.15, 0.2) is 0 Å². The van der Waals surface area contributed by atoms with Crippen LogP contribution in [0.4, 0.5) is 5.69 Å². The fourth-order valence-electron chi connectivity index (χ4n) is 1.47. The third kappa shape index (κ3) is 2.34. The largest absolute Gasteiger partial charge is 0.382 e. The molecule has 3 heteroatoms. The van der Waals surface area contributed by atoms with Gasteiger partial charge >= 0.3 is 0 Å². The van der Waals surface area contributed by atoms with Gasteiger partial charge in [-0.25, -0.2) is 4.98 Å². The maximum absolute atomic E-state index is 5.77. The molecule has 1 N–H and O–H groups in total. The summed E-state index contributed by atoms with van der Waals surface area (Å²) in [5.41, 5.74) is 1.07. The summed E-state index contributed by atoms with van der Waals surface area (Å²) in [5, 5.41) is 3.97. The van der Waals surface area contributed by atoms with Crippen LogP contribution in [-0.2, 0) is 0 Å². The van der Waals surface area contributed by atoms with Gasteiger partial charge in [0.25, 0.3) is 0 Å². The number of halogens is 1. The van der Waals surface area contributed by atoms with Gasteiger partial charge in [-0.2, -0.15) is 0 Å². The van der Waals surface area contributed by atoms with Crippen molar-refractivity contribution in [1.82, 2.24) is 4.98 Å². The van der Waals surface area contributed by atoms with Gasteiger partial charge in [-0.3, -0.25) is 0 Å². The molecule has 13 heavy (non-hydrogen) atoms. The Morgan fingerprint density at radius 3 is 3.00 bits per heavy atom. The van der Waals surface area contributed by atoms with Crippen molar-refractivity contribution in [2.45, 2.75) is 25.8 Å². The van der Waals surface area contributed by atoms with Crippen molar-refractivity contribution < 1.29 is 0 Å². The number of pyridine rings is 1. The van der Waals surface area contributed by atoms with Crippen LogP contribution in [0.1, 0.15) is 19.8 Å². The van der Waals surface area contributed by atoms with E-state index < -0.39 is 0 Å². The zero-order chi connectivity index (χ0) is 9.26. The Morgan fingerprint density at radius 1 is 1.62 bits per heavy atom. The number of hydrogen-bond donors (Lipinski definition) is 1. The smallest absolute Gasteiger partial charge is 0.131 e. The minimum absolute atomic E-state index is 0.549. The number of aromatic nitrogens is 1. The van der Waals surface area contributed by atoms with Crippen molar-refractivity contribution in [1.29, 1.82) is 0 Å². The lowest BCUT2D eigenvalue weighted by atomic mass is 10.2. The first-order valence-electron chi connectivity index (χ1n) is 4.64. The van der Waals surface area contributed by atoms with E-state index in [1.807, 2.05) is 12.1 Å². The predicted octanol–water partition coefficient (Wildman–Crippen LogP) is 2.95. The Bertz CT molecular complexity index is 297. The molecule has 0 unspecified atom stereocenters.